The number of carbonyl (C=O) groups is 1. The van der Waals surface area contributed by atoms with Crippen LogP contribution in [-0.2, 0) is 25.0 Å². The van der Waals surface area contributed by atoms with Crippen LogP contribution in [0.25, 0.3) is 0 Å². The lowest BCUT2D eigenvalue weighted by molar-refractivity contribution is -0.205. The van der Waals surface area contributed by atoms with Crippen LogP contribution in [-0.4, -0.2) is 50.7 Å². The van der Waals surface area contributed by atoms with Crippen LogP contribution >= 0.6 is 20.0 Å². The molecule has 0 spiro atoms. The maximum Gasteiger partial charge on any atom is 0.530 e. The van der Waals surface area contributed by atoms with Crippen LogP contribution in [0.5, 0.6) is 5.75 Å². The summed E-state index contributed by atoms with van der Waals surface area (Å²) in [6.45, 7) is 0.445. The van der Waals surface area contributed by atoms with Crippen molar-refractivity contribution in [3.63, 3.8) is 0 Å². The second-order valence-electron chi connectivity index (χ2n) is 7.25. The lowest BCUT2D eigenvalue weighted by atomic mass is 10.1. The molecule has 0 amide bonds. The highest BCUT2D eigenvalue weighted by Gasteiger charge is 2.57. The Morgan fingerprint density at radius 3 is 2.94 bits per heavy atom. The Hall–Kier alpha value is -2.25. The molecule has 14 heteroatoms. The predicted octanol–water partition coefficient (Wildman–Crippen LogP) is 1.68. The Morgan fingerprint density at radius 2 is 2.22 bits per heavy atom. The number of nitrogens with zero attached hydrogens (tertiary/aromatic N) is 1. The number of aromatic nitrogens is 2. The van der Waals surface area contributed by atoms with Crippen LogP contribution in [0.1, 0.15) is 27.7 Å². The van der Waals surface area contributed by atoms with Gasteiger partial charge in [0.25, 0.3) is 5.85 Å². The number of alkyl halides is 1. The summed E-state index contributed by atoms with van der Waals surface area (Å²) >= 11 is 4.83. The summed E-state index contributed by atoms with van der Waals surface area (Å²) < 4.78 is 49.3. The second-order valence-corrected chi connectivity index (χ2v) is 9.25. The van der Waals surface area contributed by atoms with E-state index < -0.39 is 44.4 Å². The summed E-state index contributed by atoms with van der Waals surface area (Å²) in [4.78, 5) is 25.5. The number of hydrogen-bond donors (Lipinski definition) is 3. The normalized spacial score (nSPS) is 31.7. The van der Waals surface area contributed by atoms with Crippen molar-refractivity contribution < 1.29 is 42.3 Å². The molecule has 2 aliphatic rings. The van der Waals surface area contributed by atoms with Crippen molar-refractivity contribution >= 4 is 26.3 Å². The minimum Gasteiger partial charge on any atom is -0.403 e. The van der Waals surface area contributed by atoms with Gasteiger partial charge in [0.15, 0.2) is 12.5 Å². The number of hydrogen-bond acceptors (Lipinski definition) is 10. The van der Waals surface area contributed by atoms with E-state index in [1.54, 1.807) is 25.1 Å². The lowest BCUT2D eigenvalue weighted by Gasteiger charge is -2.29. The zero-order chi connectivity index (χ0) is 23.3. The highest BCUT2D eigenvalue weighted by molar-refractivity contribution is 7.71. The average molecular weight is 488 g/mol. The Balaban J connectivity index is 1.55. The van der Waals surface area contributed by atoms with Crippen molar-refractivity contribution in [1.82, 2.24) is 9.55 Å². The largest absolute Gasteiger partial charge is 0.530 e. The van der Waals surface area contributed by atoms with E-state index >= 15 is 4.39 Å². The minimum atomic E-state index is -4.28. The van der Waals surface area contributed by atoms with Gasteiger partial charge in [-0.1, -0.05) is 30.4 Å². The SMILES string of the molecule is Cc1cccc2c1OP(=O)(OC[C@@]1(F)O[C@@H](n3cc(C=O)c(=S)[nH]c3=O)[C@H](O)[C@@H]1O)OC2. The molecule has 1 unspecified atom stereocenters. The number of aldehydes is 1. The van der Waals surface area contributed by atoms with Crippen LogP contribution in [0.2, 0.25) is 0 Å². The van der Waals surface area contributed by atoms with Crippen molar-refractivity contribution in [3.05, 3.63) is 56.2 Å². The molecule has 1 aromatic heterocycles. The number of ether oxygens (including phenoxy) is 1. The molecule has 11 nitrogen and oxygen atoms in total. The zero-order valence-electron chi connectivity index (χ0n) is 16.5. The van der Waals surface area contributed by atoms with Crippen molar-refractivity contribution in [2.45, 2.75) is 37.8 Å². The van der Waals surface area contributed by atoms with Crippen LogP contribution in [0.15, 0.2) is 29.2 Å². The smallest absolute Gasteiger partial charge is 0.403 e. The molecule has 0 saturated carbocycles. The van der Waals surface area contributed by atoms with Gasteiger partial charge in [0.2, 0.25) is 0 Å². The number of fused-ring (bicyclic) bond motifs is 1. The van der Waals surface area contributed by atoms with Crippen LogP contribution in [0.3, 0.4) is 0 Å². The Kier molecular flexibility index (Phi) is 5.92. The van der Waals surface area contributed by atoms with E-state index in [0.29, 0.717) is 22.0 Å². The molecule has 1 saturated heterocycles. The van der Waals surface area contributed by atoms with Crippen molar-refractivity contribution in [2.24, 2.45) is 0 Å². The van der Waals surface area contributed by atoms with E-state index in [9.17, 15) is 24.4 Å². The molecular formula is C18H18FN2O9PS. The van der Waals surface area contributed by atoms with Gasteiger partial charge in [-0.3, -0.25) is 23.4 Å². The molecule has 2 aliphatic heterocycles. The predicted molar refractivity (Wildman–Crippen MR) is 107 cm³/mol. The third-order valence-corrected chi connectivity index (χ3v) is 6.70. The highest BCUT2D eigenvalue weighted by atomic mass is 32.1. The number of aryl methyl sites for hydroxylation is 1. The Bertz CT molecular complexity index is 1230. The summed E-state index contributed by atoms with van der Waals surface area (Å²) in [7, 11) is -4.28. The number of aromatic amines is 1. The number of nitrogens with one attached hydrogen (secondary N) is 1. The summed E-state index contributed by atoms with van der Waals surface area (Å²) in [6, 6.07) is 5.17. The number of phosphoric ester groups is 1. The van der Waals surface area contributed by atoms with Gasteiger partial charge in [-0.25, -0.2) is 13.8 Å². The minimum absolute atomic E-state index is 0.116. The molecule has 32 heavy (non-hydrogen) atoms. The monoisotopic (exact) mass is 488 g/mol. The van der Waals surface area contributed by atoms with Gasteiger partial charge in [-0.15, -0.1) is 0 Å². The van der Waals surface area contributed by atoms with E-state index in [1.165, 1.54) is 0 Å². The van der Waals surface area contributed by atoms with E-state index in [-0.39, 0.29) is 22.6 Å². The molecule has 2 aromatic rings. The van der Waals surface area contributed by atoms with Crippen LogP contribution < -0.4 is 10.2 Å². The maximum absolute atomic E-state index is 15.4. The molecule has 3 heterocycles. The number of benzene rings is 1. The van der Waals surface area contributed by atoms with Gasteiger partial charge in [-0.05, 0) is 12.5 Å². The standard InChI is InChI=1S/C18H18FN2O9PS/c1-9-3-2-4-10-7-27-31(26,30-13(9)10)28-8-18(19)14(24)12(23)16(29-18)21-5-11(6-22)15(32)20-17(21)25/h2-6,12,14,16,23-24H,7-8H2,1H3,(H,20,25,32)/t12-,14+,16-,18-,31?/m1/s1. The van der Waals surface area contributed by atoms with Gasteiger partial charge < -0.3 is 19.5 Å². The first-order chi connectivity index (χ1) is 15.1. The number of carbonyl (C=O) groups excluding carboxylic acids is 1. The van der Waals surface area contributed by atoms with Crippen LogP contribution in [0, 0.1) is 11.6 Å². The summed E-state index contributed by atoms with van der Waals surface area (Å²) in [5.74, 6) is -2.82. The molecule has 172 valence electrons. The van der Waals surface area contributed by atoms with Gasteiger partial charge in [0.1, 0.15) is 29.2 Å². The molecule has 1 aromatic carbocycles. The number of phosphoric acid groups is 1. The van der Waals surface area contributed by atoms with Crippen molar-refractivity contribution in [2.75, 3.05) is 6.61 Å². The van der Waals surface area contributed by atoms with Crippen molar-refractivity contribution in [3.8, 4) is 5.75 Å². The number of H-pyrrole nitrogens is 1. The molecule has 5 atom stereocenters. The number of aliphatic hydroxyl groups is 2. The highest BCUT2D eigenvalue weighted by Crippen LogP contribution is 2.56. The zero-order valence-corrected chi connectivity index (χ0v) is 18.2. The number of halogens is 1. The average Bonchev–Trinajstić information content (AvgIpc) is 2.98. The fourth-order valence-corrected chi connectivity index (χ4v) is 4.82. The molecule has 3 N–H and O–H groups in total. The molecule has 1 fully saturated rings. The van der Waals surface area contributed by atoms with E-state index in [0.717, 1.165) is 6.20 Å². The summed E-state index contributed by atoms with van der Waals surface area (Å²) in [5, 5.41) is 20.5. The van der Waals surface area contributed by atoms with Gasteiger partial charge in [0.05, 0.1) is 12.2 Å². The van der Waals surface area contributed by atoms with E-state index in [2.05, 4.69) is 4.98 Å². The third kappa shape index (κ3) is 3.97. The Labute approximate surface area is 184 Å². The topological polar surface area (TPSA) is 149 Å². The number of para-hydroxylation sites is 1. The molecule has 0 aliphatic carbocycles. The summed E-state index contributed by atoms with van der Waals surface area (Å²) in [5.41, 5.74) is 0.235. The quantitative estimate of drug-likeness (QED) is 0.322. The summed E-state index contributed by atoms with van der Waals surface area (Å²) in [6.07, 6.45) is -4.58. The second kappa shape index (κ2) is 8.27. The van der Waals surface area contributed by atoms with Gasteiger partial charge >= 0.3 is 13.5 Å². The van der Waals surface area contributed by atoms with Crippen molar-refractivity contribution in [1.29, 1.82) is 0 Å². The first kappa shape index (κ1) is 22.9. The fraction of sp³-hybridized carbons (Fsp3) is 0.389. The molecule has 0 bridgehead atoms. The van der Waals surface area contributed by atoms with Crippen LogP contribution in [0.4, 0.5) is 4.39 Å². The maximum atomic E-state index is 15.4. The molecule has 4 rings (SSSR count). The Morgan fingerprint density at radius 1 is 1.47 bits per heavy atom. The number of aliphatic hydroxyl groups excluding tert-OH is 2. The fourth-order valence-electron chi connectivity index (χ4n) is 3.34. The first-order valence-corrected chi connectivity index (χ1v) is 11.1. The molecular weight excluding hydrogens is 470 g/mol. The van der Waals surface area contributed by atoms with Gasteiger partial charge in [-0.2, -0.15) is 0 Å². The first-order valence-electron chi connectivity index (χ1n) is 9.27. The lowest BCUT2D eigenvalue weighted by Crippen LogP contribution is -2.43. The number of rotatable bonds is 5. The van der Waals surface area contributed by atoms with E-state index in [1.807, 2.05) is 0 Å². The van der Waals surface area contributed by atoms with E-state index in [4.69, 9.17) is 30.5 Å². The third-order valence-electron chi connectivity index (χ3n) is 5.06. The molecule has 0 radical (unpaired) electrons. The van der Waals surface area contributed by atoms with Gasteiger partial charge in [0, 0.05) is 11.8 Å².